The summed E-state index contributed by atoms with van der Waals surface area (Å²) in [6.45, 7) is 2.19. The highest BCUT2D eigenvalue weighted by Crippen LogP contribution is 2.29. The van der Waals surface area contributed by atoms with Gasteiger partial charge in [-0.25, -0.2) is 4.68 Å². The lowest BCUT2D eigenvalue weighted by molar-refractivity contribution is -0.137. The van der Waals surface area contributed by atoms with E-state index < -0.39 is 11.7 Å². The standard InChI is InChI=1S/C12H11F3IN3/c1-7-10(16)11(17)19(18-7)6-8-2-4-9(5-3-8)12(13,14)15/h2-5H,6,17H2,1H3. The molecule has 2 N–H and O–H groups in total. The Morgan fingerprint density at radius 1 is 1.26 bits per heavy atom. The molecule has 0 aliphatic heterocycles. The van der Waals surface area contributed by atoms with Crippen LogP contribution in [0.3, 0.4) is 0 Å². The molecule has 0 saturated carbocycles. The third kappa shape index (κ3) is 3.02. The van der Waals surface area contributed by atoms with Gasteiger partial charge in [0.15, 0.2) is 0 Å². The summed E-state index contributed by atoms with van der Waals surface area (Å²) < 4.78 is 39.7. The maximum atomic E-state index is 12.4. The normalized spacial score (nSPS) is 11.8. The molecule has 0 spiro atoms. The second-order valence-electron chi connectivity index (χ2n) is 4.14. The van der Waals surface area contributed by atoms with Gasteiger partial charge in [0.05, 0.1) is 21.4 Å². The summed E-state index contributed by atoms with van der Waals surface area (Å²) in [5.41, 5.74) is 6.74. The molecule has 102 valence electrons. The molecule has 0 aliphatic rings. The SMILES string of the molecule is Cc1nn(Cc2ccc(C(F)(F)F)cc2)c(N)c1I. The van der Waals surface area contributed by atoms with Gasteiger partial charge < -0.3 is 5.73 Å². The second-order valence-corrected chi connectivity index (χ2v) is 5.22. The topological polar surface area (TPSA) is 43.8 Å². The number of nitrogens with two attached hydrogens (primary N) is 1. The highest BCUT2D eigenvalue weighted by molar-refractivity contribution is 14.1. The van der Waals surface area contributed by atoms with E-state index in [0.717, 1.165) is 27.0 Å². The Morgan fingerprint density at radius 3 is 2.26 bits per heavy atom. The maximum Gasteiger partial charge on any atom is 0.416 e. The van der Waals surface area contributed by atoms with E-state index in [1.807, 2.05) is 6.92 Å². The van der Waals surface area contributed by atoms with Crippen molar-refractivity contribution in [1.82, 2.24) is 9.78 Å². The molecule has 1 aromatic carbocycles. The average Bonchev–Trinajstić information content (AvgIpc) is 2.57. The molecule has 0 radical (unpaired) electrons. The molecule has 2 rings (SSSR count). The number of hydrogen-bond acceptors (Lipinski definition) is 2. The van der Waals surface area contributed by atoms with Crippen LogP contribution in [0.2, 0.25) is 0 Å². The van der Waals surface area contributed by atoms with Crippen LogP contribution >= 0.6 is 22.6 Å². The van der Waals surface area contributed by atoms with Crippen LogP contribution in [0.25, 0.3) is 0 Å². The molecule has 3 nitrogen and oxygen atoms in total. The first-order chi connectivity index (χ1) is 8.79. The van der Waals surface area contributed by atoms with Crippen LogP contribution in [0, 0.1) is 10.5 Å². The molecule has 0 saturated heterocycles. The van der Waals surface area contributed by atoms with Gasteiger partial charge in [0.25, 0.3) is 0 Å². The Morgan fingerprint density at radius 2 is 1.84 bits per heavy atom. The van der Waals surface area contributed by atoms with Crippen LogP contribution in [0.5, 0.6) is 0 Å². The predicted molar refractivity (Wildman–Crippen MR) is 74.6 cm³/mol. The van der Waals surface area contributed by atoms with Gasteiger partial charge in [0, 0.05) is 0 Å². The Labute approximate surface area is 121 Å². The monoisotopic (exact) mass is 381 g/mol. The van der Waals surface area contributed by atoms with Gasteiger partial charge in [-0.1, -0.05) is 12.1 Å². The highest BCUT2D eigenvalue weighted by atomic mass is 127. The van der Waals surface area contributed by atoms with E-state index in [4.69, 9.17) is 5.73 Å². The average molecular weight is 381 g/mol. The molecule has 0 fully saturated rings. The fourth-order valence-electron chi connectivity index (χ4n) is 1.67. The van der Waals surface area contributed by atoms with Crippen LogP contribution in [0.4, 0.5) is 19.0 Å². The minimum absolute atomic E-state index is 0.355. The van der Waals surface area contributed by atoms with Crippen molar-refractivity contribution in [3.05, 3.63) is 44.7 Å². The zero-order valence-corrected chi connectivity index (χ0v) is 12.2. The first-order valence-electron chi connectivity index (χ1n) is 5.43. The van der Waals surface area contributed by atoms with E-state index >= 15 is 0 Å². The Balaban J connectivity index is 2.22. The lowest BCUT2D eigenvalue weighted by atomic mass is 10.1. The van der Waals surface area contributed by atoms with Gasteiger partial charge in [-0.15, -0.1) is 0 Å². The molecule has 1 heterocycles. The van der Waals surface area contributed by atoms with Crippen molar-refractivity contribution in [2.75, 3.05) is 5.73 Å². The highest BCUT2D eigenvalue weighted by Gasteiger charge is 2.29. The maximum absolute atomic E-state index is 12.4. The molecular weight excluding hydrogens is 370 g/mol. The zero-order chi connectivity index (χ0) is 14.2. The number of aryl methyl sites for hydroxylation is 1. The van der Waals surface area contributed by atoms with Crippen LogP contribution in [0.1, 0.15) is 16.8 Å². The third-order valence-electron chi connectivity index (χ3n) is 2.70. The van der Waals surface area contributed by atoms with Gasteiger partial charge in [0.2, 0.25) is 0 Å². The van der Waals surface area contributed by atoms with Crippen molar-refractivity contribution >= 4 is 28.4 Å². The molecular formula is C12H11F3IN3. The van der Waals surface area contributed by atoms with Crippen molar-refractivity contribution in [3.8, 4) is 0 Å². The van der Waals surface area contributed by atoms with Gasteiger partial charge in [-0.3, -0.25) is 0 Å². The van der Waals surface area contributed by atoms with E-state index in [-0.39, 0.29) is 0 Å². The molecule has 19 heavy (non-hydrogen) atoms. The van der Waals surface area contributed by atoms with E-state index in [1.54, 1.807) is 4.68 Å². The number of nitrogen functional groups attached to an aromatic ring is 1. The summed E-state index contributed by atoms with van der Waals surface area (Å²) in [5, 5.41) is 4.24. The van der Waals surface area contributed by atoms with Gasteiger partial charge in [-0.05, 0) is 47.2 Å². The third-order valence-corrected chi connectivity index (χ3v) is 4.04. The number of alkyl halides is 3. The van der Waals surface area contributed by atoms with Gasteiger partial charge in [-0.2, -0.15) is 18.3 Å². The van der Waals surface area contributed by atoms with E-state index in [9.17, 15) is 13.2 Å². The van der Waals surface area contributed by atoms with Crippen LogP contribution in [-0.4, -0.2) is 9.78 Å². The van der Waals surface area contributed by atoms with Gasteiger partial charge >= 0.3 is 6.18 Å². The van der Waals surface area contributed by atoms with E-state index in [1.165, 1.54) is 12.1 Å². The van der Waals surface area contributed by atoms with Crippen molar-refractivity contribution < 1.29 is 13.2 Å². The first kappa shape index (κ1) is 14.2. The van der Waals surface area contributed by atoms with Crippen molar-refractivity contribution in [1.29, 1.82) is 0 Å². The van der Waals surface area contributed by atoms with Gasteiger partial charge in [0.1, 0.15) is 5.82 Å². The van der Waals surface area contributed by atoms with Crippen molar-refractivity contribution in [3.63, 3.8) is 0 Å². The number of aromatic nitrogens is 2. The fraction of sp³-hybridized carbons (Fsp3) is 0.250. The quantitative estimate of drug-likeness (QED) is 0.811. The van der Waals surface area contributed by atoms with Crippen LogP contribution in [-0.2, 0) is 12.7 Å². The lowest BCUT2D eigenvalue weighted by Crippen LogP contribution is -2.08. The number of rotatable bonds is 2. The summed E-state index contributed by atoms with van der Waals surface area (Å²) in [6, 6.07) is 5.00. The molecule has 2 aromatic rings. The van der Waals surface area contributed by atoms with Crippen molar-refractivity contribution in [2.45, 2.75) is 19.6 Å². The number of benzene rings is 1. The summed E-state index contributed by atoms with van der Waals surface area (Å²) >= 11 is 2.09. The fourth-order valence-corrected chi connectivity index (χ4v) is 2.06. The van der Waals surface area contributed by atoms with E-state index in [0.29, 0.717) is 12.4 Å². The Hall–Kier alpha value is -1.25. The number of hydrogen-bond donors (Lipinski definition) is 1. The van der Waals surface area contributed by atoms with Crippen LogP contribution < -0.4 is 5.73 Å². The zero-order valence-electron chi connectivity index (χ0n) is 10.0. The summed E-state index contributed by atoms with van der Waals surface area (Å²) in [6.07, 6.45) is -4.31. The Kier molecular flexibility index (Phi) is 3.75. The molecule has 7 heteroatoms. The molecule has 1 aromatic heterocycles. The summed E-state index contributed by atoms with van der Waals surface area (Å²) in [5.74, 6) is 0.526. The van der Waals surface area contributed by atoms with Crippen LogP contribution in [0.15, 0.2) is 24.3 Å². The first-order valence-corrected chi connectivity index (χ1v) is 6.51. The molecule has 0 atom stereocenters. The molecule has 0 bridgehead atoms. The molecule has 0 unspecified atom stereocenters. The summed E-state index contributed by atoms with van der Waals surface area (Å²) in [7, 11) is 0. The number of nitrogens with zero attached hydrogens (tertiary/aromatic N) is 2. The van der Waals surface area contributed by atoms with E-state index in [2.05, 4.69) is 27.7 Å². The van der Waals surface area contributed by atoms with Crippen molar-refractivity contribution in [2.24, 2.45) is 0 Å². The number of halogens is 4. The minimum Gasteiger partial charge on any atom is -0.383 e. The lowest BCUT2D eigenvalue weighted by Gasteiger charge is -2.08. The molecule has 0 amide bonds. The molecule has 0 aliphatic carbocycles. The summed E-state index contributed by atoms with van der Waals surface area (Å²) in [4.78, 5) is 0. The number of anilines is 1. The largest absolute Gasteiger partial charge is 0.416 e. The minimum atomic E-state index is -4.31. The Bertz CT molecular complexity index is 588. The second kappa shape index (κ2) is 5.03. The predicted octanol–water partition coefficient (Wildman–Crippen LogP) is 3.45. The smallest absolute Gasteiger partial charge is 0.383 e.